The first-order valence-corrected chi connectivity index (χ1v) is 7.92. The molecule has 0 unspecified atom stereocenters. The maximum Gasteiger partial charge on any atom is 0.240 e. The largest absolute Gasteiger partial charge is 0.383 e. The van der Waals surface area contributed by atoms with Crippen molar-refractivity contribution in [2.45, 2.75) is 37.6 Å². The number of nitrogens with one attached hydrogen (secondary N) is 1. The Morgan fingerprint density at radius 2 is 2.36 bits per heavy atom. The number of amides is 1. The Morgan fingerprint density at radius 3 is 3.00 bits per heavy atom. The van der Waals surface area contributed by atoms with Crippen molar-refractivity contribution in [1.29, 1.82) is 0 Å². The van der Waals surface area contributed by atoms with Gasteiger partial charge in [-0.1, -0.05) is 0 Å². The van der Waals surface area contributed by atoms with Gasteiger partial charge in [0.2, 0.25) is 5.91 Å². The standard InChI is InChI=1S/C16H26N4O2/c1-20-11-4-7-16(20,15(21)19-10-12-22-2)6-3-5-14-13-17-8-9-18-14/h8-9,13H,3-7,10-12H2,1-2H3,(H,19,21)/t16-/m0/s1. The van der Waals surface area contributed by atoms with Crippen molar-refractivity contribution in [2.24, 2.45) is 0 Å². The minimum atomic E-state index is -0.379. The van der Waals surface area contributed by atoms with Crippen LogP contribution in [0, 0.1) is 0 Å². The molecule has 1 fully saturated rings. The van der Waals surface area contributed by atoms with Gasteiger partial charge in [-0.2, -0.15) is 0 Å². The van der Waals surface area contributed by atoms with Gasteiger partial charge in [0.1, 0.15) is 5.54 Å². The van der Waals surface area contributed by atoms with Crippen molar-refractivity contribution >= 4 is 5.91 Å². The second kappa shape index (κ2) is 8.19. The van der Waals surface area contributed by atoms with Gasteiger partial charge in [-0.3, -0.25) is 19.7 Å². The van der Waals surface area contributed by atoms with Crippen molar-refractivity contribution in [3.05, 3.63) is 24.3 Å². The zero-order chi connectivity index (χ0) is 15.8. The van der Waals surface area contributed by atoms with Gasteiger partial charge in [-0.15, -0.1) is 0 Å². The Morgan fingerprint density at radius 1 is 1.50 bits per heavy atom. The molecule has 2 rings (SSSR count). The third-order valence-electron chi connectivity index (χ3n) is 4.47. The first-order valence-electron chi connectivity index (χ1n) is 7.92. The maximum absolute atomic E-state index is 12.7. The number of carbonyl (C=O) groups is 1. The molecule has 6 heteroatoms. The van der Waals surface area contributed by atoms with Gasteiger partial charge < -0.3 is 10.1 Å². The van der Waals surface area contributed by atoms with Crippen LogP contribution in [-0.4, -0.2) is 60.2 Å². The lowest BCUT2D eigenvalue weighted by molar-refractivity contribution is -0.132. The smallest absolute Gasteiger partial charge is 0.240 e. The maximum atomic E-state index is 12.7. The quantitative estimate of drug-likeness (QED) is 0.727. The zero-order valence-corrected chi connectivity index (χ0v) is 13.5. The van der Waals surface area contributed by atoms with E-state index in [-0.39, 0.29) is 11.4 Å². The van der Waals surface area contributed by atoms with E-state index >= 15 is 0 Å². The fourth-order valence-electron chi connectivity index (χ4n) is 3.18. The zero-order valence-electron chi connectivity index (χ0n) is 13.5. The van der Waals surface area contributed by atoms with E-state index in [0.717, 1.165) is 44.3 Å². The van der Waals surface area contributed by atoms with Crippen LogP contribution in [0.15, 0.2) is 18.6 Å². The normalized spacial score (nSPS) is 21.9. The minimum Gasteiger partial charge on any atom is -0.383 e. The van der Waals surface area contributed by atoms with Crippen LogP contribution in [0.2, 0.25) is 0 Å². The average molecular weight is 306 g/mol. The second-order valence-corrected chi connectivity index (χ2v) is 5.86. The molecule has 1 aromatic rings. The predicted molar refractivity (Wildman–Crippen MR) is 84.5 cm³/mol. The van der Waals surface area contributed by atoms with E-state index in [9.17, 15) is 4.79 Å². The molecular weight excluding hydrogens is 280 g/mol. The Labute approximate surface area is 132 Å². The molecule has 122 valence electrons. The van der Waals surface area contributed by atoms with Crippen LogP contribution in [0.5, 0.6) is 0 Å². The van der Waals surface area contributed by atoms with Gasteiger partial charge >= 0.3 is 0 Å². The number of likely N-dealkylation sites (tertiary alicyclic amines) is 1. The Kier molecular flexibility index (Phi) is 6.27. The molecule has 0 radical (unpaired) electrons. The monoisotopic (exact) mass is 306 g/mol. The summed E-state index contributed by atoms with van der Waals surface area (Å²) in [4.78, 5) is 23.2. The van der Waals surface area contributed by atoms with Crippen molar-refractivity contribution in [3.63, 3.8) is 0 Å². The lowest BCUT2D eigenvalue weighted by atomic mass is 9.88. The molecule has 1 atom stereocenters. The summed E-state index contributed by atoms with van der Waals surface area (Å²) in [5.41, 5.74) is 0.605. The van der Waals surface area contributed by atoms with E-state index in [1.54, 1.807) is 25.7 Å². The summed E-state index contributed by atoms with van der Waals surface area (Å²) in [7, 11) is 3.69. The number of methoxy groups -OCH3 is 1. The average Bonchev–Trinajstić information content (AvgIpc) is 2.91. The lowest BCUT2D eigenvalue weighted by Crippen LogP contribution is -2.54. The summed E-state index contributed by atoms with van der Waals surface area (Å²) in [6.07, 6.45) is 9.81. The van der Waals surface area contributed by atoms with Crippen LogP contribution in [0.4, 0.5) is 0 Å². The third kappa shape index (κ3) is 4.01. The topological polar surface area (TPSA) is 67.3 Å². The summed E-state index contributed by atoms with van der Waals surface area (Å²) >= 11 is 0. The van der Waals surface area contributed by atoms with Crippen LogP contribution in [0.3, 0.4) is 0 Å². The minimum absolute atomic E-state index is 0.128. The van der Waals surface area contributed by atoms with E-state index in [0.29, 0.717) is 13.2 Å². The predicted octanol–water partition coefficient (Wildman–Crippen LogP) is 1.03. The number of nitrogens with zero attached hydrogens (tertiary/aromatic N) is 3. The summed E-state index contributed by atoms with van der Waals surface area (Å²) in [6.45, 7) is 2.09. The molecule has 0 saturated carbocycles. The SMILES string of the molecule is COCCNC(=O)[C@]1(CCCc2cnccn2)CCCN1C. The summed E-state index contributed by atoms with van der Waals surface area (Å²) in [5, 5.41) is 3.01. The number of hydrogen-bond donors (Lipinski definition) is 1. The molecule has 0 aliphatic carbocycles. The second-order valence-electron chi connectivity index (χ2n) is 5.86. The van der Waals surface area contributed by atoms with E-state index < -0.39 is 0 Å². The third-order valence-corrected chi connectivity index (χ3v) is 4.47. The number of likely N-dealkylation sites (N-methyl/N-ethyl adjacent to an activating group) is 1. The van der Waals surface area contributed by atoms with E-state index in [1.807, 2.05) is 7.05 Å². The number of carbonyl (C=O) groups excluding carboxylic acids is 1. The van der Waals surface area contributed by atoms with Gasteiger partial charge in [0.05, 0.1) is 12.3 Å². The van der Waals surface area contributed by atoms with Crippen LogP contribution in [0.1, 0.15) is 31.4 Å². The highest BCUT2D eigenvalue weighted by Crippen LogP contribution is 2.33. The lowest BCUT2D eigenvalue weighted by Gasteiger charge is -2.35. The van der Waals surface area contributed by atoms with E-state index in [1.165, 1.54) is 0 Å². The molecule has 1 N–H and O–H groups in total. The summed E-state index contributed by atoms with van der Waals surface area (Å²) in [5.74, 6) is 0.128. The molecule has 0 bridgehead atoms. The molecule has 6 nitrogen and oxygen atoms in total. The Balaban J connectivity index is 1.92. The van der Waals surface area contributed by atoms with Gasteiger partial charge in [0, 0.05) is 32.2 Å². The Bertz CT molecular complexity index is 468. The molecule has 0 spiro atoms. The van der Waals surface area contributed by atoms with Crippen LogP contribution in [0.25, 0.3) is 0 Å². The number of rotatable bonds is 8. The first-order chi connectivity index (χ1) is 10.7. The highest BCUT2D eigenvalue weighted by molar-refractivity contribution is 5.86. The van der Waals surface area contributed by atoms with Crippen LogP contribution >= 0.6 is 0 Å². The van der Waals surface area contributed by atoms with Crippen LogP contribution < -0.4 is 5.32 Å². The molecule has 2 heterocycles. The molecule has 1 aromatic heterocycles. The van der Waals surface area contributed by atoms with Gasteiger partial charge in [0.25, 0.3) is 0 Å². The summed E-state index contributed by atoms with van der Waals surface area (Å²) in [6, 6.07) is 0. The number of aryl methyl sites for hydroxylation is 1. The molecule has 0 aromatic carbocycles. The van der Waals surface area contributed by atoms with Crippen molar-refractivity contribution in [1.82, 2.24) is 20.2 Å². The van der Waals surface area contributed by atoms with E-state index in [4.69, 9.17) is 4.74 Å². The Hall–Kier alpha value is -1.53. The molecule has 1 aliphatic heterocycles. The van der Waals surface area contributed by atoms with Crippen molar-refractivity contribution < 1.29 is 9.53 Å². The highest BCUT2D eigenvalue weighted by atomic mass is 16.5. The molecule has 1 amide bonds. The number of hydrogen-bond acceptors (Lipinski definition) is 5. The highest BCUT2D eigenvalue weighted by Gasteiger charge is 2.44. The fraction of sp³-hybridized carbons (Fsp3) is 0.688. The number of ether oxygens (including phenoxy) is 1. The molecule has 1 saturated heterocycles. The molecule has 22 heavy (non-hydrogen) atoms. The van der Waals surface area contributed by atoms with Crippen molar-refractivity contribution in [2.75, 3.05) is 33.9 Å². The first kappa shape index (κ1) is 16.8. The van der Waals surface area contributed by atoms with Crippen LogP contribution in [-0.2, 0) is 16.0 Å². The van der Waals surface area contributed by atoms with Gasteiger partial charge in [0.15, 0.2) is 0 Å². The molecule has 1 aliphatic rings. The fourth-order valence-corrected chi connectivity index (χ4v) is 3.18. The van der Waals surface area contributed by atoms with E-state index in [2.05, 4.69) is 20.2 Å². The molecular formula is C16H26N4O2. The van der Waals surface area contributed by atoms with Crippen molar-refractivity contribution in [3.8, 4) is 0 Å². The summed E-state index contributed by atoms with van der Waals surface area (Å²) < 4.78 is 5.01. The van der Waals surface area contributed by atoms with Gasteiger partial charge in [-0.05, 0) is 45.7 Å². The number of aromatic nitrogens is 2. The van der Waals surface area contributed by atoms with Gasteiger partial charge in [-0.25, -0.2) is 0 Å².